The van der Waals surface area contributed by atoms with Gasteiger partial charge in [-0.2, -0.15) is 0 Å². The largest absolute Gasteiger partial charge is 0.497 e. The van der Waals surface area contributed by atoms with Crippen LogP contribution in [0.4, 0.5) is 10.1 Å². The zero-order valence-electron chi connectivity index (χ0n) is 12.6. The number of benzene rings is 2. The Bertz CT molecular complexity index is 642. The minimum absolute atomic E-state index is 0.279. The van der Waals surface area contributed by atoms with Crippen molar-refractivity contribution in [2.24, 2.45) is 0 Å². The summed E-state index contributed by atoms with van der Waals surface area (Å²) in [4.78, 5) is 2.28. The summed E-state index contributed by atoms with van der Waals surface area (Å²) >= 11 is 0. The molecule has 2 aromatic carbocycles. The maximum absolute atomic E-state index is 12.9. The fraction of sp³-hybridized carbons (Fsp3) is 0.333. The first-order valence-corrected chi connectivity index (χ1v) is 7.53. The lowest BCUT2D eigenvalue weighted by atomic mass is 10.1. The summed E-state index contributed by atoms with van der Waals surface area (Å²) in [6, 6.07) is 12.2. The average Bonchev–Trinajstić information content (AvgIpc) is 2.95. The van der Waals surface area contributed by atoms with Gasteiger partial charge in [-0.3, -0.25) is 0 Å². The van der Waals surface area contributed by atoms with Gasteiger partial charge in [-0.1, -0.05) is 12.1 Å². The molecule has 0 radical (unpaired) electrons. The maximum Gasteiger partial charge on any atom is 0.123 e. The van der Waals surface area contributed by atoms with Crippen molar-refractivity contribution in [3.05, 3.63) is 59.4 Å². The Kier molecular flexibility index (Phi) is 4.29. The lowest BCUT2D eigenvalue weighted by Gasteiger charge is -2.21. The number of rotatable bonds is 5. The van der Waals surface area contributed by atoms with Crippen molar-refractivity contribution in [2.45, 2.75) is 18.9 Å². The minimum atomic E-state index is -0.567. The van der Waals surface area contributed by atoms with Crippen molar-refractivity contribution >= 4 is 5.69 Å². The molecule has 0 aromatic heterocycles. The van der Waals surface area contributed by atoms with Gasteiger partial charge in [-0.15, -0.1) is 0 Å². The summed E-state index contributed by atoms with van der Waals surface area (Å²) in [7, 11) is 1.67. The Morgan fingerprint density at radius 3 is 2.73 bits per heavy atom. The van der Waals surface area contributed by atoms with Crippen LogP contribution < -0.4 is 9.64 Å². The van der Waals surface area contributed by atoms with Gasteiger partial charge in [-0.05, 0) is 54.3 Å². The number of nitrogens with zero attached hydrogens (tertiary/aromatic N) is 1. The molecule has 1 heterocycles. The first kappa shape index (κ1) is 14.9. The lowest BCUT2D eigenvalue weighted by molar-refractivity contribution is 0.169. The number of aliphatic hydroxyl groups excluding tert-OH is 1. The van der Waals surface area contributed by atoms with Gasteiger partial charge in [0.15, 0.2) is 0 Å². The van der Waals surface area contributed by atoms with Crippen LogP contribution in [-0.2, 0) is 6.42 Å². The van der Waals surface area contributed by atoms with E-state index in [1.54, 1.807) is 19.2 Å². The Hall–Kier alpha value is -2.07. The fourth-order valence-electron chi connectivity index (χ4n) is 2.94. The SMILES string of the molecule is COc1ccc2c(c1)CCN2CCC(O)c1ccc(F)cc1. The van der Waals surface area contributed by atoms with Crippen LogP contribution in [-0.4, -0.2) is 25.3 Å². The third-order valence-corrected chi connectivity index (χ3v) is 4.21. The maximum atomic E-state index is 12.9. The first-order valence-electron chi connectivity index (χ1n) is 7.53. The Morgan fingerprint density at radius 2 is 2.00 bits per heavy atom. The molecule has 3 nitrogen and oxygen atoms in total. The fourth-order valence-corrected chi connectivity index (χ4v) is 2.94. The summed E-state index contributed by atoms with van der Waals surface area (Å²) in [6.07, 6.45) is 1.05. The van der Waals surface area contributed by atoms with Gasteiger partial charge in [0.05, 0.1) is 13.2 Å². The van der Waals surface area contributed by atoms with Gasteiger partial charge in [0.25, 0.3) is 0 Å². The monoisotopic (exact) mass is 301 g/mol. The molecule has 1 aliphatic rings. The summed E-state index contributed by atoms with van der Waals surface area (Å²) in [5.41, 5.74) is 3.26. The summed E-state index contributed by atoms with van der Waals surface area (Å²) in [5, 5.41) is 10.2. The molecule has 0 spiro atoms. The smallest absolute Gasteiger partial charge is 0.123 e. The molecule has 1 N–H and O–H groups in total. The number of aliphatic hydroxyl groups is 1. The second kappa shape index (κ2) is 6.36. The van der Waals surface area contributed by atoms with Gasteiger partial charge in [0.1, 0.15) is 11.6 Å². The molecule has 0 aliphatic carbocycles. The predicted molar refractivity (Wildman–Crippen MR) is 84.9 cm³/mol. The highest BCUT2D eigenvalue weighted by atomic mass is 19.1. The van der Waals surface area contributed by atoms with Gasteiger partial charge >= 0.3 is 0 Å². The normalized spacial score (nSPS) is 14.8. The summed E-state index contributed by atoms with van der Waals surface area (Å²) in [5.74, 6) is 0.602. The molecule has 0 bridgehead atoms. The van der Waals surface area contributed by atoms with Gasteiger partial charge < -0.3 is 14.7 Å². The first-order chi connectivity index (χ1) is 10.7. The van der Waals surface area contributed by atoms with E-state index in [0.717, 1.165) is 30.8 Å². The second-order valence-electron chi connectivity index (χ2n) is 5.59. The number of halogens is 1. The predicted octanol–water partition coefficient (Wildman–Crippen LogP) is 3.32. The highest BCUT2D eigenvalue weighted by molar-refractivity contribution is 5.60. The molecule has 0 fully saturated rings. The highest BCUT2D eigenvalue weighted by Crippen LogP contribution is 2.32. The van der Waals surface area contributed by atoms with E-state index in [9.17, 15) is 9.50 Å². The molecule has 2 aromatic rings. The lowest BCUT2D eigenvalue weighted by Crippen LogP contribution is -2.23. The van der Waals surface area contributed by atoms with Gasteiger partial charge in [0, 0.05) is 18.8 Å². The average molecular weight is 301 g/mol. The zero-order chi connectivity index (χ0) is 15.5. The number of hydrogen-bond acceptors (Lipinski definition) is 3. The van der Waals surface area contributed by atoms with E-state index in [1.165, 1.54) is 23.4 Å². The van der Waals surface area contributed by atoms with Crippen LogP contribution in [0, 0.1) is 5.82 Å². The number of ether oxygens (including phenoxy) is 1. The van der Waals surface area contributed by atoms with E-state index in [1.807, 2.05) is 6.07 Å². The third kappa shape index (κ3) is 3.07. The van der Waals surface area contributed by atoms with E-state index in [2.05, 4.69) is 17.0 Å². The van der Waals surface area contributed by atoms with E-state index in [0.29, 0.717) is 6.42 Å². The van der Waals surface area contributed by atoms with E-state index < -0.39 is 6.10 Å². The van der Waals surface area contributed by atoms with Crippen LogP contribution >= 0.6 is 0 Å². The molecular formula is C18H20FNO2. The van der Waals surface area contributed by atoms with E-state index >= 15 is 0 Å². The van der Waals surface area contributed by atoms with Crippen molar-refractivity contribution < 1.29 is 14.2 Å². The number of hydrogen-bond donors (Lipinski definition) is 1. The molecule has 0 amide bonds. The molecule has 0 saturated carbocycles. The molecule has 1 atom stereocenters. The van der Waals surface area contributed by atoms with E-state index in [4.69, 9.17) is 4.74 Å². The standard InChI is InChI=1S/C18H20FNO2/c1-22-16-6-7-17-14(12-16)8-10-20(17)11-9-18(21)13-2-4-15(19)5-3-13/h2-7,12,18,21H,8-11H2,1H3. The Labute approximate surface area is 130 Å². The van der Waals surface area contributed by atoms with Crippen molar-refractivity contribution in [2.75, 3.05) is 25.1 Å². The molecule has 1 aliphatic heterocycles. The van der Waals surface area contributed by atoms with Crippen molar-refractivity contribution in [3.8, 4) is 5.75 Å². The summed E-state index contributed by atoms with van der Waals surface area (Å²) in [6.45, 7) is 1.73. The molecule has 22 heavy (non-hydrogen) atoms. The highest BCUT2D eigenvalue weighted by Gasteiger charge is 2.20. The Balaban J connectivity index is 1.62. The number of methoxy groups -OCH3 is 1. The van der Waals surface area contributed by atoms with E-state index in [-0.39, 0.29) is 5.82 Å². The quantitative estimate of drug-likeness (QED) is 0.919. The van der Waals surface area contributed by atoms with Crippen LogP contribution in [0.25, 0.3) is 0 Å². The number of anilines is 1. The number of fused-ring (bicyclic) bond motifs is 1. The topological polar surface area (TPSA) is 32.7 Å². The van der Waals surface area contributed by atoms with Crippen LogP contribution in [0.5, 0.6) is 5.75 Å². The van der Waals surface area contributed by atoms with Crippen molar-refractivity contribution in [1.29, 1.82) is 0 Å². The van der Waals surface area contributed by atoms with Crippen LogP contribution in [0.15, 0.2) is 42.5 Å². The molecule has 116 valence electrons. The minimum Gasteiger partial charge on any atom is -0.497 e. The van der Waals surface area contributed by atoms with Crippen molar-refractivity contribution in [3.63, 3.8) is 0 Å². The van der Waals surface area contributed by atoms with Gasteiger partial charge in [-0.25, -0.2) is 4.39 Å². The van der Waals surface area contributed by atoms with Crippen LogP contribution in [0.1, 0.15) is 23.7 Å². The molecule has 0 saturated heterocycles. The summed E-state index contributed by atoms with van der Waals surface area (Å²) < 4.78 is 18.2. The molecular weight excluding hydrogens is 281 g/mol. The third-order valence-electron chi connectivity index (χ3n) is 4.21. The molecule has 3 rings (SSSR count). The van der Waals surface area contributed by atoms with Crippen LogP contribution in [0.3, 0.4) is 0 Å². The van der Waals surface area contributed by atoms with Crippen LogP contribution in [0.2, 0.25) is 0 Å². The Morgan fingerprint density at radius 1 is 1.23 bits per heavy atom. The van der Waals surface area contributed by atoms with Crippen molar-refractivity contribution in [1.82, 2.24) is 0 Å². The van der Waals surface area contributed by atoms with Gasteiger partial charge in [0.2, 0.25) is 0 Å². The second-order valence-corrected chi connectivity index (χ2v) is 5.59. The molecule has 1 unspecified atom stereocenters. The molecule has 4 heteroatoms. The zero-order valence-corrected chi connectivity index (χ0v) is 12.6.